The molecule has 2 N–H and O–H groups in total. The predicted molar refractivity (Wildman–Crippen MR) is 57.2 cm³/mol. The van der Waals surface area contributed by atoms with Crippen molar-refractivity contribution in [1.82, 2.24) is 0 Å². The van der Waals surface area contributed by atoms with Crippen LogP contribution in [0.5, 0.6) is 5.75 Å². The number of ether oxygens (including phenoxy) is 1. The van der Waals surface area contributed by atoms with Gasteiger partial charge in [-0.05, 0) is 12.1 Å². The summed E-state index contributed by atoms with van der Waals surface area (Å²) in [5.41, 5.74) is 6.37. The molecule has 0 aliphatic heterocycles. The monoisotopic (exact) mass is 233 g/mol. The van der Waals surface area contributed by atoms with Gasteiger partial charge in [-0.1, -0.05) is 23.2 Å². The Balaban J connectivity index is 3.14. The highest BCUT2D eigenvalue weighted by molar-refractivity contribution is 6.55. The molecular weight excluding hydrogens is 225 g/mol. The second-order valence-electron chi connectivity index (χ2n) is 2.62. The van der Waals surface area contributed by atoms with E-state index in [2.05, 4.69) is 0 Å². The van der Waals surface area contributed by atoms with Gasteiger partial charge in [-0.2, -0.15) is 0 Å². The van der Waals surface area contributed by atoms with E-state index >= 15 is 0 Å². The number of Topliss-reactive ketones (excluding diaryl/α,β-unsaturated/α-hetero) is 1. The second kappa shape index (κ2) is 4.53. The summed E-state index contributed by atoms with van der Waals surface area (Å²) in [6.07, 6.45) is 0. The molecule has 0 heterocycles. The Bertz CT molecular complexity index is 353. The number of methoxy groups -OCH3 is 1. The van der Waals surface area contributed by atoms with Gasteiger partial charge in [0, 0.05) is 11.8 Å². The number of alkyl halides is 2. The zero-order chi connectivity index (χ0) is 10.7. The van der Waals surface area contributed by atoms with Crippen molar-refractivity contribution < 1.29 is 9.53 Å². The number of ketones is 1. The molecule has 5 heteroatoms. The van der Waals surface area contributed by atoms with Crippen molar-refractivity contribution in [3.05, 3.63) is 23.8 Å². The predicted octanol–water partition coefficient (Wildman–Crippen LogP) is 2.26. The quantitative estimate of drug-likeness (QED) is 0.495. The van der Waals surface area contributed by atoms with Gasteiger partial charge in [0.25, 0.3) is 0 Å². The van der Waals surface area contributed by atoms with E-state index in [-0.39, 0.29) is 0 Å². The largest absolute Gasteiger partial charge is 0.496 e. The van der Waals surface area contributed by atoms with Gasteiger partial charge in [-0.15, -0.1) is 0 Å². The molecule has 1 aromatic carbocycles. The van der Waals surface area contributed by atoms with Crippen molar-refractivity contribution in [2.24, 2.45) is 0 Å². The Kier molecular flexibility index (Phi) is 3.61. The highest BCUT2D eigenvalue weighted by Crippen LogP contribution is 2.24. The number of hydrogen-bond donors (Lipinski definition) is 1. The minimum atomic E-state index is -1.09. The number of nitrogen functional groups attached to an aromatic ring is 1. The summed E-state index contributed by atoms with van der Waals surface area (Å²) in [6.45, 7) is 0. The molecule has 0 saturated heterocycles. The molecule has 1 aromatic rings. The molecule has 0 spiro atoms. The summed E-state index contributed by atoms with van der Waals surface area (Å²) >= 11 is 10.9. The Labute approximate surface area is 91.7 Å². The summed E-state index contributed by atoms with van der Waals surface area (Å²) in [4.78, 5) is 10.4. The summed E-state index contributed by atoms with van der Waals surface area (Å²) < 4.78 is 4.98. The number of rotatable bonds is 3. The number of anilines is 1. The molecule has 1 rings (SSSR count). The maximum Gasteiger partial charge on any atom is 0.199 e. The molecular formula is C9H9Cl2NO2. The van der Waals surface area contributed by atoms with Crippen LogP contribution in [0.2, 0.25) is 0 Å². The van der Waals surface area contributed by atoms with Crippen LogP contribution < -0.4 is 10.5 Å². The van der Waals surface area contributed by atoms with Crippen LogP contribution in [-0.2, 0) is 0 Å². The summed E-state index contributed by atoms with van der Waals surface area (Å²) in [5.74, 6) is -0.0218. The Morgan fingerprint density at radius 1 is 1.50 bits per heavy atom. The fourth-order valence-electron chi connectivity index (χ4n) is 1.03. The lowest BCUT2D eigenvalue weighted by Crippen LogP contribution is -2.10. The third kappa shape index (κ3) is 2.30. The lowest BCUT2D eigenvalue weighted by atomic mass is 10.1. The smallest absolute Gasteiger partial charge is 0.199 e. The van der Waals surface area contributed by atoms with E-state index in [0.29, 0.717) is 17.0 Å². The topological polar surface area (TPSA) is 52.3 Å². The molecule has 0 saturated carbocycles. The average Bonchev–Trinajstić information content (AvgIpc) is 2.16. The third-order valence-corrected chi connectivity index (χ3v) is 2.09. The molecule has 14 heavy (non-hydrogen) atoms. The molecule has 0 aromatic heterocycles. The molecule has 0 bridgehead atoms. The van der Waals surface area contributed by atoms with E-state index in [4.69, 9.17) is 33.7 Å². The van der Waals surface area contributed by atoms with Gasteiger partial charge in [0.05, 0.1) is 12.7 Å². The van der Waals surface area contributed by atoms with Crippen molar-refractivity contribution in [3.8, 4) is 5.75 Å². The van der Waals surface area contributed by atoms with Crippen LogP contribution in [0, 0.1) is 0 Å². The van der Waals surface area contributed by atoms with Crippen molar-refractivity contribution in [1.29, 1.82) is 0 Å². The normalized spacial score (nSPS) is 10.3. The molecule has 3 nitrogen and oxygen atoms in total. The van der Waals surface area contributed by atoms with E-state index < -0.39 is 10.6 Å². The van der Waals surface area contributed by atoms with Crippen LogP contribution in [0.3, 0.4) is 0 Å². The highest BCUT2D eigenvalue weighted by atomic mass is 35.5. The Hall–Kier alpha value is -0.930. The second-order valence-corrected chi connectivity index (χ2v) is 3.72. The fourth-order valence-corrected chi connectivity index (χ4v) is 1.26. The number of carbonyl (C=O) groups excluding carboxylic acids is 1. The van der Waals surface area contributed by atoms with Crippen molar-refractivity contribution in [3.63, 3.8) is 0 Å². The Morgan fingerprint density at radius 2 is 2.14 bits per heavy atom. The minimum absolute atomic E-state index is 0.330. The maximum atomic E-state index is 11.5. The lowest BCUT2D eigenvalue weighted by molar-refractivity contribution is 0.100. The zero-order valence-corrected chi connectivity index (χ0v) is 8.97. The number of halogens is 2. The number of carbonyl (C=O) groups is 1. The van der Waals surface area contributed by atoms with Gasteiger partial charge in [0.1, 0.15) is 5.75 Å². The first-order valence-electron chi connectivity index (χ1n) is 3.82. The lowest BCUT2D eigenvalue weighted by Gasteiger charge is -2.08. The van der Waals surface area contributed by atoms with Gasteiger partial charge >= 0.3 is 0 Å². The fraction of sp³-hybridized carbons (Fsp3) is 0.222. The van der Waals surface area contributed by atoms with Crippen molar-refractivity contribution >= 4 is 34.7 Å². The van der Waals surface area contributed by atoms with Crippen LogP contribution in [0.4, 0.5) is 5.69 Å². The number of benzene rings is 1. The van der Waals surface area contributed by atoms with Gasteiger partial charge in [-0.3, -0.25) is 4.79 Å². The maximum absolute atomic E-state index is 11.5. The van der Waals surface area contributed by atoms with E-state index in [1.807, 2.05) is 0 Å². The third-order valence-electron chi connectivity index (χ3n) is 1.69. The molecule has 0 amide bonds. The molecule has 0 aliphatic carbocycles. The molecule has 0 aliphatic rings. The van der Waals surface area contributed by atoms with Crippen molar-refractivity contribution in [2.75, 3.05) is 12.8 Å². The van der Waals surface area contributed by atoms with Crippen LogP contribution in [0.15, 0.2) is 18.2 Å². The molecule has 0 radical (unpaired) electrons. The summed E-state index contributed by atoms with van der Waals surface area (Å²) in [6, 6.07) is 4.67. The minimum Gasteiger partial charge on any atom is -0.496 e. The first-order chi connectivity index (χ1) is 6.56. The average molecular weight is 234 g/mol. The van der Waals surface area contributed by atoms with Gasteiger partial charge in [-0.25, -0.2) is 0 Å². The van der Waals surface area contributed by atoms with Crippen LogP contribution in [0.25, 0.3) is 0 Å². The molecule has 0 unspecified atom stereocenters. The summed E-state index contributed by atoms with van der Waals surface area (Å²) in [5, 5.41) is 0. The zero-order valence-electron chi connectivity index (χ0n) is 7.46. The first kappa shape index (κ1) is 11.1. The van der Waals surface area contributed by atoms with Crippen molar-refractivity contribution in [2.45, 2.75) is 4.84 Å². The van der Waals surface area contributed by atoms with Gasteiger partial charge < -0.3 is 10.5 Å². The first-order valence-corrected chi connectivity index (χ1v) is 4.69. The highest BCUT2D eigenvalue weighted by Gasteiger charge is 2.18. The number of hydrogen-bond acceptors (Lipinski definition) is 3. The van der Waals surface area contributed by atoms with E-state index in [1.54, 1.807) is 12.1 Å². The number of nitrogens with two attached hydrogens (primary N) is 1. The molecule has 0 fully saturated rings. The Morgan fingerprint density at radius 3 is 2.64 bits per heavy atom. The standard InChI is InChI=1S/C9H9Cl2NO2/c1-14-7-4-5(12)2-3-6(7)8(13)9(10)11/h2-4,9H,12H2,1H3. The van der Waals surface area contributed by atoms with Crippen LogP contribution in [0.1, 0.15) is 10.4 Å². The summed E-state index contributed by atoms with van der Waals surface area (Å²) in [7, 11) is 1.45. The SMILES string of the molecule is COc1cc(N)ccc1C(=O)C(Cl)Cl. The van der Waals surface area contributed by atoms with Gasteiger partial charge in [0.15, 0.2) is 10.6 Å². The molecule has 0 atom stereocenters. The van der Waals surface area contributed by atoms with E-state index in [0.717, 1.165) is 0 Å². The van der Waals surface area contributed by atoms with Crippen LogP contribution >= 0.6 is 23.2 Å². The van der Waals surface area contributed by atoms with E-state index in [1.165, 1.54) is 13.2 Å². The van der Waals surface area contributed by atoms with E-state index in [9.17, 15) is 4.79 Å². The van der Waals surface area contributed by atoms with Gasteiger partial charge in [0.2, 0.25) is 0 Å². The van der Waals surface area contributed by atoms with Crippen LogP contribution in [-0.4, -0.2) is 17.7 Å². The molecule has 76 valence electrons.